The molecule has 2 aliphatic rings. The average molecular weight is 472 g/mol. The first kappa shape index (κ1) is 21.7. The molecule has 0 aliphatic carbocycles. The smallest absolute Gasteiger partial charge is 0.146 e. The standard InChI is InChI=1S/C23H26FN5O3S/c1-33(2,30)28-16-11-19-22(20(12-16)29-7-3-8-29)23(26-14-25-19)27-18-5-4-15(24)10-21(18)32-17-6-9-31-13-17/h4-5,10-12,14,17H,1,3,6-9,13H2,2H3,(H,28,30)(H,25,26,27). The van der Waals surface area contributed by atoms with Gasteiger partial charge in [0.15, 0.2) is 0 Å². The van der Waals surface area contributed by atoms with Crippen LogP contribution >= 0.6 is 0 Å². The number of aromatic nitrogens is 2. The average Bonchev–Trinajstić information content (AvgIpc) is 3.20. The van der Waals surface area contributed by atoms with Gasteiger partial charge in [-0.2, -0.15) is 0 Å². The van der Waals surface area contributed by atoms with E-state index in [1.807, 2.05) is 12.1 Å². The third kappa shape index (κ3) is 4.81. The first-order chi connectivity index (χ1) is 15.9. The van der Waals surface area contributed by atoms with Crippen LogP contribution in [0.3, 0.4) is 0 Å². The lowest BCUT2D eigenvalue weighted by Crippen LogP contribution is -2.37. The van der Waals surface area contributed by atoms with Crippen molar-refractivity contribution >= 4 is 49.4 Å². The van der Waals surface area contributed by atoms with Gasteiger partial charge in [-0.05, 0) is 36.6 Å². The number of anilines is 4. The van der Waals surface area contributed by atoms with Crippen LogP contribution in [-0.4, -0.2) is 58.7 Å². The van der Waals surface area contributed by atoms with E-state index in [0.29, 0.717) is 41.7 Å². The van der Waals surface area contributed by atoms with Gasteiger partial charge in [0.25, 0.3) is 0 Å². The zero-order valence-electron chi connectivity index (χ0n) is 18.3. The van der Waals surface area contributed by atoms with Crippen molar-refractivity contribution in [2.75, 3.05) is 47.5 Å². The summed E-state index contributed by atoms with van der Waals surface area (Å²) in [5, 5.41) is 4.16. The summed E-state index contributed by atoms with van der Waals surface area (Å²) in [6.07, 6.45) is 4.75. The Bertz CT molecular complexity index is 1290. The van der Waals surface area contributed by atoms with Gasteiger partial charge in [-0.3, -0.25) is 0 Å². The second kappa shape index (κ2) is 8.68. The molecule has 33 heavy (non-hydrogen) atoms. The molecule has 0 bridgehead atoms. The van der Waals surface area contributed by atoms with Crippen LogP contribution in [0.5, 0.6) is 5.75 Å². The number of ether oxygens (including phenoxy) is 2. The fraction of sp³-hybridized carbons (Fsp3) is 0.348. The predicted molar refractivity (Wildman–Crippen MR) is 131 cm³/mol. The zero-order chi connectivity index (χ0) is 23.0. The maximum atomic E-state index is 14.0. The zero-order valence-corrected chi connectivity index (χ0v) is 19.2. The first-order valence-electron chi connectivity index (χ1n) is 10.8. The van der Waals surface area contributed by atoms with Crippen LogP contribution in [0.4, 0.5) is 27.3 Å². The maximum Gasteiger partial charge on any atom is 0.146 e. The Labute approximate surface area is 192 Å². The van der Waals surface area contributed by atoms with Gasteiger partial charge in [-0.25, -0.2) is 18.6 Å². The Morgan fingerprint density at radius 2 is 2.12 bits per heavy atom. The summed E-state index contributed by atoms with van der Waals surface area (Å²) in [6.45, 7) is 2.93. The quantitative estimate of drug-likeness (QED) is 0.510. The number of benzene rings is 2. The normalized spacial score (nSPS) is 19.7. The Hall–Kier alpha value is -3.11. The highest BCUT2D eigenvalue weighted by Crippen LogP contribution is 2.39. The topological polar surface area (TPSA) is 88.6 Å². The van der Waals surface area contributed by atoms with Crippen molar-refractivity contribution in [2.45, 2.75) is 18.9 Å². The monoisotopic (exact) mass is 471 g/mol. The lowest BCUT2D eigenvalue weighted by molar-refractivity contribution is 0.141. The van der Waals surface area contributed by atoms with Crippen molar-refractivity contribution in [3.8, 4) is 5.75 Å². The molecule has 0 radical (unpaired) electrons. The molecule has 2 unspecified atom stereocenters. The van der Waals surface area contributed by atoms with Crippen LogP contribution in [0.25, 0.3) is 10.9 Å². The van der Waals surface area contributed by atoms with Gasteiger partial charge in [0.05, 0.1) is 35.5 Å². The minimum Gasteiger partial charge on any atom is -0.486 e. The van der Waals surface area contributed by atoms with E-state index < -0.39 is 9.71 Å². The van der Waals surface area contributed by atoms with Crippen LogP contribution in [0, 0.1) is 5.82 Å². The lowest BCUT2D eigenvalue weighted by atomic mass is 10.1. The van der Waals surface area contributed by atoms with E-state index in [2.05, 4.69) is 30.8 Å². The second-order valence-corrected chi connectivity index (χ2v) is 10.6. The van der Waals surface area contributed by atoms with E-state index in [-0.39, 0.29) is 11.9 Å². The Kier molecular flexibility index (Phi) is 5.71. The molecule has 2 aliphatic heterocycles. The summed E-state index contributed by atoms with van der Waals surface area (Å²) >= 11 is 0. The van der Waals surface area contributed by atoms with E-state index in [1.54, 1.807) is 12.3 Å². The van der Waals surface area contributed by atoms with Gasteiger partial charge in [0, 0.05) is 47.2 Å². The summed E-state index contributed by atoms with van der Waals surface area (Å²) < 4.78 is 40.6. The second-order valence-electron chi connectivity index (χ2n) is 8.43. The number of rotatable bonds is 7. The van der Waals surface area contributed by atoms with Crippen molar-refractivity contribution in [3.05, 3.63) is 42.5 Å². The Balaban J connectivity index is 1.56. The minimum absolute atomic E-state index is 0.119. The number of halogens is 1. The molecule has 5 rings (SSSR count). The fourth-order valence-corrected chi connectivity index (χ4v) is 4.61. The molecule has 2 saturated heterocycles. The highest BCUT2D eigenvalue weighted by atomic mass is 32.2. The number of hydrogen-bond acceptors (Lipinski definition) is 7. The van der Waals surface area contributed by atoms with Crippen molar-refractivity contribution in [3.63, 3.8) is 0 Å². The van der Waals surface area contributed by atoms with Crippen molar-refractivity contribution in [1.82, 2.24) is 9.97 Å². The van der Waals surface area contributed by atoms with Crippen LogP contribution in [-0.2, 0) is 14.4 Å². The lowest BCUT2D eigenvalue weighted by Gasteiger charge is -2.34. The number of hydrogen-bond donors (Lipinski definition) is 2. The summed E-state index contributed by atoms with van der Waals surface area (Å²) in [4.78, 5) is 11.2. The van der Waals surface area contributed by atoms with E-state index in [4.69, 9.17) is 9.47 Å². The number of fused-ring (bicyclic) bond motifs is 1. The maximum absolute atomic E-state index is 14.0. The molecular formula is C23H26FN5O3S. The highest BCUT2D eigenvalue weighted by molar-refractivity contribution is 8.00. The molecule has 2 atom stereocenters. The number of nitrogens with zero attached hydrogens (tertiary/aromatic N) is 3. The first-order valence-corrected chi connectivity index (χ1v) is 12.9. The molecule has 8 nitrogen and oxygen atoms in total. The molecule has 2 fully saturated rings. The van der Waals surface area contributed by atoms with Gasteiger partial charge >= 0.3 is 0 Å². The number of nitrogens with one attached hydrogen (secondary N) is 2. The largest absolute Gasteiger partial charge is 0.486 e. The summed E-state index contributed by atoms with van der Waals surface area (Å²) in [6, 6.07) is 8.17. The minimum atomic E-state index is -2.45. The van der Waals surface area contributed by atoms with Crippen molar-refractivity contribution < 1.29 is 18.1 Å². The Morgan fingerprint density at radius 3 is 2.82 bits per heavy atom. The van der Waals surface area contributed by atoms with E-state index in [0.717, 1.165) is 37.0 Å². The summed E-state index contributed by atoms with van der Waals surface area (Å²) in [5.41, 5.74) is 2.91. The predicted octanol–water partition coefficient (Wildman–Crippen LogP) is 3.56. The van der Waals surface area contributed by atoms with Crippen molar-refractivity contribution in [1.29, 1.82) is 0 Å². The van der Waals surface area contributed by atoms with Gasteiger partial charge in [0.1, 0.15) is 29.8 Å². The molecule has 1 aromatic heterocycles. The molecule has 0 saturated carbocycles. The molecular weight excluding hydrogens is 445 g/mol. The molecule has 2 N–H and O–H groups in total. The van der Waals surface area contributed by atoms with Crippen LogP contribution < -0.4 is 19.7 Å². The third-order valence-corrected chi connectivity index (χ3v) is 6.29. The van der Waals surface area contributed by atoms with E-state index in [9.17, 15) is 8.60 Å². The Morgan fingerprint density at radius 1 is 1.27 bits per heavy atom. The molecule has 3 aromatic rings. The van der Waals surface area contributed by atoms with E-state index in [1.165, 1.54) is 18.5 Å². The SMILES string of the molecule is C=S(C)(=O)Nc1cc(N2CCC2)c2c(Nc3ccc(F)cc3OC3CCOC3)ncnc2c1. The van der Waals surface area contributed by atoms with Gasteiger partial charge in [0.2, 0.25) is 0 Å². The molecule has 174 valence electrons. The molecule has 0 amide bonds. The van der Waals surface area contributed by atoms with E-state index >= 15 is 0 Å². The van der Waals surface area contributed by atoms with Crippen LogP contribution in [0.2, 0.25) is 0 Å². The third-order valence-electron chi connectivity index (χ3n) is 5.63. The summed E-state index contributed by atoms with van der Waals surface area (Å²) in [5.74, 6) is 4.30. The fourth-order valence-electron chi connectivity index (χ4n) is 3.99. The van der Waals surface area contributed by atoms with Crippen molar-refractivity contribution in [2.24, 2.45) is 0 Å². The van der Waals surface area contributed by atoms with Crippen LogP contribution in [0.1, 0.15) is 12.8 Å². The molecule has 3 heterocycles. The molecule has 10 heteroatoms. The van der Waals surface area contributed by atoms with Crippen LogP contribution in [0.15, 0.2) is 36.7 Å². The summed E-state index contributed by atoms with van der Waals surface area (Å²) in [7, 11) is -2.45. The highest BCUT2D eigenvalue weighted by Gasteiger charge is 2.23. The van der Waals surface area contributed by atoms with Gasteiger partial charge in [-0.15, -0.1) is 0 Å². The molecule has 2 aromatic carbocycles. The van der Waals surface area contributed by atoms with Gasteiger partial charge in [-0.1, -0.05) is 0 Å². The molecule has 0 spiro atoms. The van der Waals surface area contributed by atoms with Gasteiger partial charge < -0.3 is 24.4 Å².